The molecule has 0 fully saturated rings. The standard InChI is InChI=1S/C12H9FO2/c13-8-5-6-10(12(15)7-8)9-3-1-2-4-11(9)14/h1-7,14-15H. The molecule has 0 aliphatic carbocycles. The minimum absolute atomic E-state index is 0.0550. The van der Waals surface area contributed by atoms with Crippen molar-refractivity contribution in [2.24, 2.45) is 0 Å². The fourth-order valence-corrected chi connectivity index (χ4v) is 1.43. The van der Waals surface area contributed by atoms with Crippen LogP contribution in [-0.4, -0.2) is 10.2 Å². The van der Waals surface area contributed by atoms with Gasteiger partial charge < -0.3 is 10.2 Å². The Kier molecular flexibility index (Phi) is 2.29. The molecule has 2 rings (SSSR count). The average molecular weight is 204 g/mol. The number of halogens is 1. The van der Waals surface area contributed by atoms with E-state index in [0.29, 0.717) is 11.1 Å². The summed E-state index contributed by atoms with van der Waals surface area (Å²) in [5, 5.41) is 19.1. The van der Waals surface area contributed by atoms with E-state index in [0.717, 1.165) is 6.07 Å². The van der Waals surface area contributed by atoms with Crippen LogP contribution in [0.3, 0.4) is 0 Å². The van der Waals surface area contributed by atoms with E-state index < -0.39 is 5.82 Å². The average Bonchev–Trinajstić information content (AvgIpc) is 2.20. The van der Waals surface area contributed by atoms with Crippen molar-refractivity contribution < 1.29 is 14.6 Å². The lowest BCUT2D eigenvalue weighted by Gasteiger charge is -2.06. The van der Waals surface area contributed by atoms with Crippen molar-refractivity contribution in [1.82, 2.24) is 0 Å². The molecule has 0 unspecified atom stereocenters. The van der Waals surface area contributed by atoms with Crippen molar-refractivity contribution in [1.29, 1.82) is 0 Å². The van der Waals surface area contributed by atoms with Gasteiger partial charge in [-0.05, 0) is 18.2 Å². The van der Waals surface area contributed by atoms with Gasteiger partial charge in [0, 0.05) is 17.2 Å². The van der Waals surface area contributed by atoms with Gasteiger partial charge in [0.2, 0.25) is 0 Å². The van der Waals surface area contributed by atoms with Gasteiger partial charge in [-0.3, -0.25) is 0 Å². The van der Waals surface area contributed by atoms with E-state index >= 15 is 0 Å². The Morgan fingerprint density at radius 2 is 1.47 bits per heavy atom. The maximum atomic E-state index is 12.7. The molecule has 0 aliphatic heterocycles. The Balaban J connectivity index is 2.60. The van der Waals surface area contributed by atoms with Gasteiger partial charge in [-0.25, -0.2) is 4.39 Å². The normalized spacial score (nSPS) is 10.2. The molecule has 0 aromatic heterocycles. The van der Waals surface area contributed by atoms with Crippen molar-refractivity contribution in [2.45, 2.75) is 0 Å². The third kappa shape index (κ3) is 1.76. The molecule has 0 amide bonds. The highest BCUT2D eigenvalue weighted by molar-refractivity contribution is 5.74. The molecule has 0 saturated heterocycles. The first-order chi connectivity index (χ1) is 7.18. The number of phenolic OH excluding ortho intramolecular Hbond substituents is 2. The predicted molar refractivity (Wildman–Crippen MR) is 55.2 cm³/mol. The van der Waals surface area contributed by atoms with E-state index in [-0.39, 0.29) is 11.5 Å². The first-order valence-corrected chi connectivity index (χ1v) is 4.45. The van der Waals surface area contributed by atoms with Crippen LogP contribution in [0.2, 0.25) is 0 Å². The van der Waals surface area contributed by atoms with Gasteiger partial charge in [0.25, 0.3) is 0 Å². The minimum Gasteiger partial charge on any atom is -0.507 e. The van der Waals surface area contributed by atoms with Gasteiger partial charge in [0.1, 0.15) is 17.3 Å². The highest BCUT2D eigenvalue weighted by Crippen LogP contribution is 2.34. The van der Waals surface area contributed by atoms with E-state index in [9.17, 15) is 14.6 Å². The fourth-order valence-electron chi connectivity index (χ4n) is 1.43. The van der Waals surface area contributed by atoms with Crippen LogP contribution in [0.1, 0.15) is 0 Å². The smallest absolute Gasteiger partial charge is 0.126 e. The number of phenols is 2. The summed E-state index contributed by atoms with van der Waals surface area (Å²) in [6, 6.07) is 10.3. The van der Waals surface area contributed by atoms with Gasteiger partial charge in [-0.2, -0.15) is 0 Å². The third-order valence-electron chi connectivity index (χ3n) is 2.15. The Morgan fingerprint density at radius 1 is 0.800 bits per heavy atom. The Bertz CT molecular complexity index is 495. The van der Waals surface area contributed by atoms with Crippen LogP contribution in [0.4, 0.5) is 4.39 Å². The molecule has 0 spiro atoms. The topological polar surface area (TPSA) is 40.5 Å². The summed E-state index contributed by atoms with van der Waals surface area (Å²) in [5.74, 6) is -0.637. The van der Waals surface area contributed by atoms with E-state index in [2.05, 4.69) is 0 Å². The zero-order valence-electron chi connectivity index (χ0n) is 7.81. The molecule has 3 heteroatoms. The molecule has 0 atom stereocenters. The lowest BCUT2D eigenvalue weighted by molar-refractivity contribution is 0.465. The second-order valence-corrected chi connectivity index (χ2v) is 3.18. The Labute approximate surface area is 86.2 Å². The quantitative estimate of drug-likeness (QED) is 0.749. The van der Waals surface area contributed by atoms with E-state index in [4.69, 9.17) is 0 Å². The third-order valence-corrected chi connectivity index (χ3v) is 2.15. The van der Waals surface area contributed by atoms with Crippen molar-refractivity contribution in [2.75, 3.05) is 0 Å². The highest BCUT2D eigenvalue weighted by atomic mass is 19.1. The van der Waals surface area contributed by atoms with Crippen LogP contribution in [-0.2, 0) is 0 Å². The highest BCUT2D eigenvalue weighted by Gasteiger charge is 2.08. The summed E-state index contributed by atoms with van der Waals surface area (Å²) in [5.41, 5.74) is 0.893. The molecule has 0 radical (unpaired) electrons. The zero-order chi connectivity index (χ0) is 10.8. The van der Waals surface area contributed by atoms with Crippen LogP contribution in [0.15, 0.2) is 42.5 Å². The van der Waals surface area contributed by atoms with Crippen molar-refractivity contribution in [3.63, 3.8) is 0 Å². The number of para-hydroxylation sites is 1. The van der Waals surface area contributed by atoms with Crippen LogP contribution in [0.25, 0.3) is 11.1 Å². The van der Waals surface area contributed by atoms with Gasteiger partial charge in [-0.15, -0.1) is 0 Å². The molecule has 0 heterocycles. The SMILES string of the molecule is Oc1ccccc1-c1ccc(F)cc1O. The molecule has 15 heavy (non-hydrogen) atoms. The van der Waals surface area contributed by atoms with E-state index in [1.165, 1.54) is 18.2 Å². The molecule has 2 nitrogen and oxygen atoms in total. The number of benzene rings is 2. The number of hydrogen-bond acceptors (Lipinski definition) is 2. The first kappa shape index (κ1) is 9.52. The van der Waals surface area contributed by atoms with Crippen molar-refractivity contribution >= 4 is 0 Å². The van der Waals surface area contributed by atoms with Gasteiger partial charge in [0.15, 0.2) is 0 Å². The summed E-state index contributed by atoms with van der Waals surface area (Å²) < 4.78 is 12.7. The number of hydrogen-bond donors (Lipinski definition) is 2. The summed E-state index contributed by atoms with van der Waals surface area (Å²) in [6.45, 7) is 0. The zero-order valence-corrected chi connectivity index (χ0v) is 7.81. The van der Waals surface area contributed by atoms with Gasteiger partial charge in [-0.1, -0.05) is 18.2 Å². The molecular formula is C12H9FO2. The maximum absolute atomic E-state index is 12.7. The second-order valence-electron chi connectivity index (χ2n) is 3.18. The lowest BCUT2D eigenvalue weighted by atomic mass is 10.0. The first-order valence-electron chi connectivity index (χ1n) is 4.45. The number of aromatic hydroxyl groups is 2. The van der Waals surface area contributed by atoms with Crippen LogP contribution < -0.4 is 0 Å². The van der Waals surface area contributed by atoms with E-state index in [1.807, 2.05) is 0 Å². The molecular weight excluding hydrogens is 195 g/mol. The molecule has 0 aliphatic rings. The fraction of sp³-hybridized carbons (Fsp3) is 0. The van der Waals surface area contributed by atoms with Gasteiger partial charge in [0.05, 0.1) is 0 Å². The molecule has 2 N–H and O–H groups in total. The summed E-state index contributed by atoms with van der Waals surface area (Å²) in [4.78, 5) is 0. The molecule has 76 valence electrons. The minimum atomic E-state index is -0.508. The van der Waals surface area contributed by atoms with Crippen molar-refractivity contribution in [3.05, 3.63) is 48.3 Å². The summed E-state index contributed by atoms with van der Waals surface area (Å²) in [7, 11) is 0. The molecule has 2 aromatic carbocycles. The summed E-state index contributed by atoms with van der Waals surface area (Å²) in [6.07, 6.45) is 0. The molecule has 0 bridgehead atoms. The van der Waals surface area contributed by atoms with E-state index in [1.54, 1.807) is 18.2 Å². The van der Waals surface area contributed by atoms with Crippen LogP contribution >= 0.6 is 0 Å². The summed E-state index contributed by atoms with van der Waals surface area (Å²) >= 11 is 0. The second kappa shape index (κ2) is 3.61. The predicted octanol–water partition coefficient (Wildman–Crippen LogP) is 2.90. The number of rotatable bonds is 1. The van der Waals surface area contributed by atoms with Crippen LogP contribution in [0, 0.1) is 5.82 Å². The Hall–Kier alpha value is -2.03. The monoisotopic (exact) mass is 204 g/mol. The lowest BCUT2D eigenvalue weighted by Crippen LogP contribution is -1.81. The molecule has 2 aromatic rings. The largest absolute Gasteiger partial charge is 0.507 e. The van der Waals surface area contributed by atoms with Crippen molar-refractivity contribution in [3.8, 4) is 22.6 Å². The van der Waals surface area contributed by atoms with Crippen LogP contribution in [0.5, 0.6) is 11.5 Å². The Morgan fingerprint density at radius 3 is 2.13 bits per heavy atom. The molecule has 0 saturated carbocycles. The maximum Gasteiger partial charge on any atom is 0.126 e. The van der Waals surface area contributed by atoms with Gasteiger partial charge >= 0.3 is 0 Å².